The highest BCUT2D eigenvalue weighted by Crippen LogP contribution is 2.30. The minimum atomic E-state index is -4.72. The van der Waals surface area contributed by atoms with E-state index in [0.717, 1.165) is 37.6 Å². The first kappa shape index (κ1) is 28.3. The first-order valence-corrected chi connectivity index (χ1v) is 14.1. The van der Waals surface area contributed by atoms with Gasteiger partial charge in [0, 0.05) is 6.20 Å². The van der Waals surface area contributed by atoms with Crippen molar-refractivity contribution in [1.82, 2.24) is 25.3 Å². The Labute approximate surface area is 219 Å². The van der Waals surface area contributed by atoms with E-state index in [1.54, 1.807) is 0 Å². The SMILES string of the molecule is O=C(N[C@H](C(=O)Nc1ccc(S(=O)(=O)NCC(F)(F)F)cn1)C1CCCCC1)c1nonc1SC1COC1. The Morgan fingerprint density at radius 2 is 1.87 bits per heavy atom. The number of pyridine rings is 1. The Bertz CT molecular complexity index is 1230. The van der Waals surface area contributed by atoms with Crippen molar-refractivity contribution in [2.75, 3.05) is 25.1 Å². The smallest absolute Gasteiger partial charge is 0.379 e. The normalized spacial score (nSPS) is 18.0. The van der Waals surface area contributed by atoms with Crippen molar-refractivity contribution < 1.29 is 40.5 Å². The van der Waals surface area contributed by atoms with Gasteiger partial charge in [0.1, 0.15) is 23.3 Å². The Morgan fingerprint density at radius 3 is 2.47 bits per heavy atom. The number of nitrogens with zero attached hydrogens (tertiary/aromatic N) is 3. The van der Waals surface area contributed by atoms with Crippen molar-refractivity contribution in [3.63, 3.8) is 0 Å². The van der Waals surface area contributed by atoms with Gasteiger partial charge in [0.2, 0.25) is 21.6 Å². The maximum atomic E-state index is 13.2. The van der Waals surface area contributed by atoms with Crippen molar-refractivity contribution in [3.8, 4) is 0 Å². The highest BCUT2D eigenvalue weighted by molar-refractivity contribution is 8.00. The predicted octanol–water partition coefficient (Wildman–Crippen LogP) is 2.11. The van der Waals surface area contributed by atoms with Crippen LogP contribution in [0.4, 0.5) is 19.0 Å². The number of thioether (sulfide) groups is 1. The fourth-order valence-electron chi connectivity index (χ4n) is 3.99. The first-order valence-electron chi connectivity index (χ1n) is 11.7. The van der Waals surface area contributed by atoms with Gasteiger partial charge in [-0.2, -0.15) is 13.2 Å². The summed E-state index contributed by atoms with van der Waals surface area (Å²) < 4.78 is 72.6. The molecule has 38 heavy (non-hydrogen) atoms. The van der Waals surface area contributed by atoms with Gasteiger partial charge in [0.15, 0.2) is 5.03 Å². The molecule has 2 aromatic rings. The summed E-state index contributed by atoms with van der Waals surface area (Å²) in [6.07, 6.45) is 0.286. The maximum Gasteiger partial charge on any atom is 0.402 e. The molecular weight excluding hydrogens is 553 g/mol. The van der Waals surface area contributed by atoms with Crippen molar-refractivity contribution in [1.29, 1.82) is 0 Å². The highest BCUT2D eigenvalue weighted by Gasteiger charge is 2.34. The molecule has 2 fully saturated rings. The number of amides is 2. The van der Waals surface area contributed by atoms with Crippen LogP contribution in [0, 0.1) is 5.92 Å². The molecular formula is C21H25F3N6O6S2. The lowest BCUT2D eigenvalue weighted by Crippen LogP contribution is -2.49. The van der Waals surface area contributed by atoms with Crippen LogP contribution in [-0.2, 0) is 19.6 Å². The molecule has 208 valence electrons. The van der Waals surface area contributed by atoms with E-state index in [1.165, 1.54) is 16.5 Å². The topological polar surface area (TPSA) is 165 Å². The van der Waals surface area contributed by atoms with Gasteiger partial charge in [-0.1, -0.05) is 31.0 Å². The largest absolute Gasteiger partial charge is 0.402 e. The average molecular weight is 579 g/mol. The van der Waals surface area contributed by atoms with E-state index in [-0.39, 0.29) is 27.7 Å². The van der Waals surface area contributed by atoms with Gasteiger partial charge >= 0.3 is 6.18 Å². The number of carbonyl (C=O) groups is 2. The van der Waals surface area contributed by atoms with Gasteiger partial charge < -0.3 is 15.4 Å². The van der Waals surface area contributed by atoms with E-state index in [4.69, 9.17) is 9.37 Å². The van der Waals surface area contributed by atoms with Crippen molar-refractivity contribution in [3.05, 3.63) is 24.0 Å². The monoisotopic (exact) mass is 578 g/mol. The predicted molar refractivity (Wildman–Crippen MR) is 127 cm³/mol. The van der Waals surface area contributed by atoms with Gasteiger partial charge in [0.25, 0.3) is 5.91 Å². The number of anilines is 1. The summed E-state index contributed by atoms with van der Waals surface area (Å²) in [4.78, 5) is 29.6. The molecule has 0 unspecified atom stereocenters. The van der Waals surface area contributed by atoms with Crippen LogP contribution in [0.1, 0.15) is 42.6 Å². The molecule has 2 aromatic heterocycles. The molecule has 0 spiro atoms. The number of aromatic nitrogens is 3. The minimum Gasteiger partial charge on any atom is -0.379 e. The zero-order chi connectivity index (χ0) is 27.3. The number of sulfonamides is 1. The number of ether oxygens (including phenoxy) is 1. The molecule has 2 amide bonds. The summed E-state index contributed by atoms with van der Waals surface area (Å²) in [5.74, 6) is -1.43. The molecule has 1 aliphatic heterocycles. The molecule has 1 aliphatic carbocycles. The molecule has 1 atom stereocenters. The zero-order valence-corrected chi connectivity index (χ0v) is 21.5. The quantitative estimate of drug-likeness (QED) is 0.380. The van der Waals surface area contributed by atoms with E-state index in [2.05, 4.69) is 25.9 Å². The second-order valence-electron chi connectivity index (χ2n) is 8.85. The van der Waals surface area contributed by atoms with Crippen LogP contribution in [0.15, 0.2) is 32.9 Å². The summed E-state index contributed by atoms with van der Waals surface area (Å²) in [5.41, 5.74) is -0.0467. The molecule has 1 saturated heterocycles. The van der Waals surface area contributed by atoms with Gasteiger partial charge in [0.05, 0.1) is 18.5 Å². The van der Waals surface area contributed by atoms with Crippen LogP contribution in [0.3, 0.4) is 0 Å². The third kappa shape index (κ3) is 7.42. The van der Waals surface area contributed by atoms with E-state index in [1.807, 2.05) is 0 Å². The third-order valence-corrected chi connectivity index (χ3v) is 8.49. The van der Waals surface area contributed by atoms with Crippen molar-refractivity contribution in [2.24, 2.45) is 5.92 Å². The van der Waals surface area contributed by atoms with Gasteiger partial charge in [-0.05, 0) is 41.2 Å². The van der Waals surface area contributed by atoms with Crippen LogP contribution in [-0.4, -0.2) is 72.8 Å². The molecule has 3 N–H and O–H groups in total. The molecule has 0 bridgehead atoms. The fraction of sp³-hybridized carbons (Fsp3) is 0.571. The second kappa shape index (κ2) is 12.0. The number of hydrogen-bond acceptors (Lipinski definition) is 10. The lowest BCUT2D eigenvalue weighted by molar-refractivity contribution is -0.121. The van der Waals surface area contributed by atoms with Gasteiger partial charge in [-0.25, -0.2) is 22.8 Å². The average Bonchev–Trinajstić information content (AvgIpc) is 3.32. The molecule has 12 nitrogen and oxygen atoms in total. The number of halogens is 3. The van der Waals surface area contributed by atoms with Crippen LogP contribution >= 0.6 is 11.8 Å². The van der Waals surface area contributed by atoms with E-state index < -0.39 is 45.5 Å². The summed E-state index contributed by atoms with van der Waals surface area (Å²) in [6.45, 7) is -0.708. The lowest BCUT2D eigenvalue weighted by atomic mass is 9.83. The molecule has 0 radical (unpaired) electrons. The van der Waals surface area contributed by atoms with Crippen LogP contribution in [0.2, 0.25) is 0 Å². The van der Waals surface area contributed by atoms with Crippen LogP contribution in [0.25, 0.3) is 0 Å². The number of rotatable bonds is 10. The minimum absolute atomic E-state index is 0.0378. The molecule has 0 aromatic carbocycles. The van der Waals surface area contributed by atoms with Crippen molar-refractivity contribution >= 4 is 39.4 Å². The Morgan fingerprint density at radius 1 is 1.13 bits per heavy atom. The maximum absolute atomic E-state index is 13.2. The number of nitrogens with one attached hydrogen (secondary N) is 3. The Hall–Kier alpha value is -2.76. The molecule has 3 heterocycles. The van der Waals surface area contributed by atoms with Gasteiger partial charge in [-0.15, -0.1) is 0 Å². The van der Waals surface area contributed by atoms with E-state index >= 15 is 0 Å². The van der Waals surface area contributed by atoms with Gasteiger partial charge in [-0.3, -0.25) is 9.59 Å². The van der Waals surface area contributed by atoms with Crippen LogP contribution in [0.5, 0.6) is 0 Å². The number of hydrogen-bond donors (Lipinski definition) is 3. The van der Waals surface area contributed by atoms with E-state index in [0.29, 0.717) is 26.1 Å². The summed E-state index contributed by atoms with van der Waals surface area (Å²) in [5, 5.41) is 13.2. The standard InChI is InChI=1S/C21H25F3N6O6S2/c22-21(23,24)11-26-38(33,34)14-6-7-15(25-8-14)27-18(31)16(12-4-2-1-3-5-12)28-19(32)17-20(30-36-29-17)37-13-9-35-10-13/h6-8,12-13,16,26H,1-5,9-11H2,(H,28,32)(H,25,27,31)/t16-/m0/s1. The molecule has 2 aliphatic rings. The Balaban J connectivity index is 1.44. The summed E-state index contributed by atoms with van der Waals surface area (Å²) in [6, 6.07) is 1.21. The number of carbonyl (C=O) groups excluding carboxylic acids is 2. The molecule has 4 rings (SSSR count). The second-order valence-corrected chi connectivity index (χ2v) is 11.9. The highest BCUT2D eigenvalue weighted by atomic mass is 32.2. The first-order chi connectivity index (χ1) is 18.0. The Kier molecular flexibility index (Phi) is 8.89. The summed E-state index contributed by atoms with van der Waals surface area (Å²) in [7, 11) is -4.46. The molecule has 1 saturated carbocycles. The molecule has 17 heteroatoms. The lowest BCUT2D eigenvalue weighted by Gasteiger charge is -2.29. The van der Waals surface area contributed by atoms with Crippen LogP contribution < -0.4 is 15.4 Å². The fourth-order valence-corrected chi connectivity index (χ4v) is 5.91. The van der Waals surface area contributed by atoms with Crippen molar-refractivity contribution in [2.45, 2.75) is 59.5 Å². The third-order valence-electron chi connectivity index (χ3n) is 6.01. The number of alkyl halides is 3. The zero-order valence-electron chi connectivity index (χ0n) is 19.9. The summed E-state index contributed by atoms with van der Waals surface area (Å²) >= 11 is 1.29. The van der Waals surface area contributed by atoms with E-state index in [9.17, 15) is 31.2 Å².